The molecule has 1 aliphatic rings. The molecule has 0 aromatic heterocycles. The molecule has 148 valence electrons. The van der Waals surface area contributed by atoms with Gasteiger partial charge in [-0.15, -0.1) is 0 Å². The van der Waals surface area contributed by atoms with Gasteiger partial charge in [-0.1, -0.05) is 46.0 Å². The molecule has 0 fully saturated rings. The van der Waals surface area contributed by atoms with Crippen LogP contribution in [0.3, 0.4) is 0 Å². The maximum absolute atomic E-state index is 6.40. The summed E-state index contributed by atoms with van der Waals surface area (Å²) in [5, 5.41) is 5.55. The van der Waals surface area contributed by atoms with E-state index in [9.17, 15) is 0 Å². The lowest BCUT2D eigenvalue weighted by molar-refractivity contribution is 0.115. The number of aliphatic imine (C=N–C) groups is 1. The first-order valence-electron chi connectivity index (χ1n) is 8.75. The van der Waals surface area contributed by atoms with Gasteiger partial charge in [-0.25, -0.2) is 4.99 Å². The van der Waals surface area contributed by atoms with Gasteiger partial charge in [0.1, 0.15) is 11.5 Å². The first-order chi connectivity index (χ1) is 13.4. The summed E-state index contributed by atoms with van der Waals surface area (Å²) in [6, 6.07) is 8.96. The summed E-state index contributed by atoms with van der Waals surface area (Å²) < 4.78 is 6.15. The van der Waals surface area contributed by atoms with Crippen LogP contribution in [-0.2, 0) is 4.84 Å². The van der Waals surface area contributed by atoms with Gasteiger partial charge in [0.05, 0.1) is 27.1 Å². The van der Waals surface area contributed by atoms with Crippen molar-refractivity contribution in [3.05, 3.63) is 56.5 Å². The molecule has 5 nitrogen and oxygen atoms in total. The van der Waals surface area contributed by atoms with Crippen LogP contribution in [0.4, 0.5) is 5.69 Å². The molecule has 1 heterocycles. The lowest BCUT2D eigenvalue weighted by Crippen LogP contribution is -2.28. The Hall–Kier alpha value is -1.95. The fourth-order valence-electron chi connectivity index (χ4n) is 2.57. The molecule has 0 saturated heterocycles. The monoisotopic (exact) mass is 439 g/mol. The van der Waals surface area contributed by atoms with E-state index in [4.69, 9.17) is 44.4 Å². The molecule has 1 aliphatic heterocycles. The van der Waals surface area contributed by atoms with Crippen LogP contribution < -0.4 is 4.74 Å². The van der Waals surface area contributed by atoms with E-state index < -0.39 is 0 Å². The summed E-state index contributed by atoms with van der Waals surface area (Å²) in [5.41, 5.74) is 3.05. The molecule has 2 aromatic rings. The van der Waals surface area contributed by atoms with Crippen molar-refractivity contribution in [2.75, 3.05) is 20.2 Å². The highest BCUT2D eigenvalue weighted by Crippen LogP contribution is 2.34. The molecule has 1 unspecified atom stereocenters. The van der Waals surface area contributed by atoms with Crippen molar-refractivity contribution in [1.29, 1.82) is 0 Å². The van der Waals surface area contributed by atoms with Crippen molar-refractivity contribution in [2.45, 2.75) is 20.0 Å². The molecule has 28 heavy (non-hydrogen) atoms. The van der Waals surface area contributed by atoms with Crippen molar-refractivity contribution in [2.24, 2.45) is 10.1 Å². The Balaban J connectivity index is 1.81. The van der Waals surface area contributed by atoms with Gasteiger partial charge in [-0.3, -0.25) is 0 Å². The van der Waals surface area contributed by atoms with E-state index in [0.717, 1.165) is 17.7 Å². The van der Waals surface area contributed by atoms with Gasteiger partial charge < -0.3 is 14.5 Å². The third-order valence-electron chi connectivity index (χ3n) is 4.32. The minimum absolute atomic E-state index is 0.299. The van der Waals surface area contributed by atoms with Gasteiger partial charge in [-0.2, -0.15) is 0 Å². The first-order valence-corrected chi connectivity index (χ1v) is 9.89. The number of halogens is 3. The Labute approximate surface area is 179 Å². The molecular formula is C20H20Cl3N3O2. The van der Waals surface area contributed by atoms with E-state index >= 15 is 0 Å². The summed E-state index contributed by atoms with van der Waals surface area (Å²) in [6.45, 7) is 5.15. The minimum atomic E-state index is -0.382. The standard InChI is InChI=1S/C20H20Cl3N3O2/c1-4-26(3)11-24-17-7-12(2)18(9-16(17)23)28-19-10-27-25-20(19)13-5-6-14(21)15(22)8-13/h5-9,11,19H,4,10H2,1-3H3. The first kappa shape index (κ1) is 20.8. The van der Waals surface area contributed by atoms with Crippen molar-refractivity contribution in [3.8, 4) is 5.75 Å². The zero-order valence-electron chi connectivity index (χ0n) is 15.7. The second kappa shape index (κ2) is 9.03. The average Bonchev–Trinajstić information content (AvgIpc) is 3.13. The van der Waals surface area contributed by atoms with Gasteiger partial charge in [0.25, 0.3) is 0 Å². The van der Waals surface area contributed by atoms with E-state index in [1.807, 2.05) is 37.9 Å². The second-order valence-corrected chi connectivity index (χ2v) is 7.62. The van der Waals surface area contributed by atoms with E-state index in [1.54, 1.807) is 24.5 Å². The van der Waals surface area contributed by atoms with Gasteiger partial charge in [-0.05, 0) is 37.6 Å². The fourth-order valence-corrected chi connectivity index (χ4v) is 3.07. The lowest BCUT2D eigenvalue weighted by atomic mass is 10.1. The Morgan fingerprint density at radius 1 is 1.21 bits per heavy atom. The van der Waals surface area contributed by atoms with E-state index in [2.05, 4.69) is 10.1 Å². The van der Waals surface area contributed by atoms with Crippen LogP contribution in [0, 0.1) is 6.92 Å². The van der Waals surface area contributed by atoms with E-state index in [1.165, 1.54) is 0 Å². The molecular weight excluding hydrogens is 421 g/mol. The van der Waals surface area contributed by atoms with Crippen LogP contribution in [-0.4, -0.2) is 43.3 Å². The van der Waals surface area contributed by atoms with Crippen LogP contribution in [0.2, 0.25) is 15.1 Å². The molecule has 0 saturated carbocycles. The predicted molar refractivity (Wildman–Crippen MR) is 116 cm³/mol. The molecule has 8 heteroatoms. The van der Waals surface area contributed by atoms with Crippen LogP contribution in [0.25, 0.3) is 0 Å². The topological polar surface area (TPSA) is 46.4 Å². The number of rotatable bonds is 6. The van der Waals surface area contributed by atoms with Gasteiger partial charge in [0.2, 0.25) is 0 Å². The molecule has 2 aromatic carbocycles. The van der Waals surface area contributed by atoms with Gasteiger partial charge in [0.15, 0.2) is 12.7 Å². The number of hydrogen-bond acceptors (Lipinski definition) is 4. The number of oxime groups is 1. The highest BCUT2D eigenvalue weighted by molar-refractivity contribution is 6.42. The molecule has 0 aliphatic carbocycles. The van der Waals surface area contributed by atoms with Crippen LogP contribution >= 0.6 is 34.8 Å². The highest BCUT2D eigenvalue weighted by atomic mass is 35.5. The average molecular weight is 441 g/mol. The number of benzene rings is 2. The minimum Gasteiger partial charge on any atom is -0.480 e. The van der Waals surface area contributed by atoms with Crippen LogP contribution in [0.1, 0.15) is 18.1 Å². The molecule has 1 atom stereocenters. The predicted octanol–water partition coefficient (Wildman–Crippen LogP) is 5.75. The Bertz CT molecular complexity index is 931. The summed E-state index contributed by atoms with van der Waals surface area (Å²) in [6.07, 6.45) is 1.37. The number of hydrogen-bond donors (Lipinski definition) is 0. The quantitative estimate of drug-likeness (QED) is 0.424. The van der Waals surface area contributed by atoms with Crippen molar-refractivity contribution in [1.82, 2.24) is 4.90 Å². The SMILES string of the molecule is CCN(C)C=Nc1cc(C)c(OC2CON=C2c2ccc(Cl)c(Cl)c2)cc1Cl. The maximum atomic E-state index is 6.40. The zero-order valence-corrected chi connectivity index (χ0v) is 18.0. The molecule has 0 N–H and O–H groups in total. The van der Waals surface area contributed by atoms with Crippen LogP contribution in [0.15, 0.2) is 40.5 Å². The summed E-state index contributed by atoms with van der Waals surface area (Å²) >= 11 is 18.5. The summed E-state index contributed by atoms with van der Waals surface area (Å²) in [5.74, 6) is 0.649. The van der Waals surface area contributed by atoms with Crippen molar-refractivity contribution < 1.29 is 9.57 Å². The Morgan fingerprint density at radius 3 is 2.71 bits per heavy atom. The fraction of sp³-hybridized carbons (Fsp3) is 0.300. The summed E-state index contributed by atoms with van der Waals surface area (Å²) in [4.78, 5) is 11.7. The van der Waals surface area contributed by atoms with E-state index in [-0.39, 0.29) is 6.10 Å². The van der Waals surface area contributed by atoms with E-state index in [0.29, 0.717) is 38.8 Å². The Morgan fingerprint density at radius 2 is 2.00 bits per heavy atom. The molecule has 0 bridgehead atoms. The normalized spacial score (nSPS) is 16.2. The Kier molecular flexibility index (Phi) is 6.70. The maximum Gasteiger partial charge on any atom is 0.181 e. The highest BCUT2D eigenvalue weighted by Gasteiger charge is 2.28. The van der Waals surface area contributed by atoms with Crippen molar-refractivity contribution in [3.63, 3.8) is 0 Å². The third kappa shape index (κ3) is 4.72. The third-order valence-corrected chi connectivity index (χ3v) is 5.36. The molecule has 0 radical (unpaired) electrons. The lowest BCUT2D eigenvalue weighted by Gasteiger charge is -2.17. The number of nitrogens with zero attached hydrogens (tertiary/aromatic N) is 3. The molecule has 0 spiro atoms. The smallest absolute Gasteiger partial charge is 0.181 e. The molecule has 3 rings (SSSR count). The van der Waals surface area contributed by atoms with Crippen LogP contribution in [0.5, 0.6) is 5.75 Å². The summed E-state index contributed by atoms with van der Waals surface area (Å²) in [7, 11) is 1.95. The zero-order chi connectivity index (χ0) is 20.3. The number of aryl methyl sites for hydroxylation is 1. The molecule has 0 amide bonds. The van der Waals surface area contributed by atoms with Gasteiger partial charge >= 0.3 is 0 Å². The van der Waals surface area contributed by atoms with Gasteiger partial charge in [0, 0.05) is 25.2 Å². The van der Waals surface area contributed by atoms with Crippen molar-refractivity contribution >= 4 is 52.5 Å². The second-order valence-electron chi connectivity index (χ2n) is 6.39. The number of ether oxygens (including phenoxy) is 1. The largest absolute Gasteiger partial charge is 0.480 e.